The highest BCUT2D eigenvalue weighted by molar-refractivity contribution is 7.89. The second-order valence-electron chi connectivity index (χ2n) is 5.75. The summed E-state index contributed by atoms with van der Waals surface area (Å²) in [6.07, 6.45) is 4.94. The zero-order chi connectivity index (χ0) is 16.6. The van der Waals surface area contributed by atoms with Crippen LogP contribution in [-0.2, 0) is 17.1 Å². The van der Waals surface area contributed by atoms with Gasteiger partial charge in [0.1, 0.15) is 10.7 Å². The van der Waals surface area contributed by atoms with Crippen molar-refractivity contribution < 1.29 is 8.42 Å². The Bertz CT molecular complexity index is 815. The molecule has 0 spiro atoms. The maximum Gasteiger partial charge on any atom is 0.247 e. The number of nitrogens with zero attached hydrogens (tertiary/aromatic N) is 4. The van der Waals surface area contributed by atoms with Gasteiger partial charge < -0.3 is 5.32 Å². The van der Waals surface area contributed by atoms with Gasteiger partial charge in [-0.05, 0) is 37.5 Å². The fraction of sp³-hybridized carbons (Fsp3) is 0.467. The van der Waals surface area contributed by atoms with Crippen molar-refractivity contribution in [2.45, 2.75) is 30.7 Å². The van der Waals surface area contributed by atoms with Gasteiger partial charge in [0.2, 0.25) is 10.0 Å². The lowest BCUT2D eigenvalue weighted by atomic mass is 10.1. The fourth-order valence-corrected chi connectivity index (χ4v) is 4.99. The van der Waals surface area contributed by atoms with E-state index in [0.717, 1.165) is 24.2 Å². The van der Waals surface area contributed by atoms with E-state index in [2.05, 4.69) is 15.4 Å². The summed E-state index contributed by atoms with van der Waals surface area (Å²) in [7, 11) is -0.0247. The number of rotatable bonds is 4. The van der Waals surface area contributed by atoms with E-state index in [9.17, 15) is 8.42 Å². The summed E-state index contributed by atoms with van der Waals surface area (Å²) in [6, 6.07) is 3.64. The van der Waals surface area contributed by atoms with Crippen molar-refractivity contribution in [1.29, 1.82) is 0 Å². The third-order valence-electron chi connectivity index (χ3n) is 4.18. The van der Waals surface area contributed by atoms with Crippen LogP contribution in [0.15, 0.2) is 29.4 Å². The molecular formula is C15H21N5O2S. The topological polar surface area (TPSA) is 80.1 Å². The number of hydrogen-bond acceptors (Lipinski definition) is 5. The number of aromatic nitrogens is 3. The maximum absolute atomic E-state index is 13.0. The number of aryl methyl sites for hydroxylation is 2. The van der Waals surface area contributed by atoms with E-state index in [4.69, 9.17) is 0 Å². The molecule has 1 aliphatic rings. The van der Waals surface area contributed by atoms with Crippen LogP contribution >= 0.6 is 0 Å². The SMILES string of the molecule is CNc1cc(C2CCCN2S(=O)(=O)c2cn(C)nc2C)ccn1. The number of nitrogens with one attached hydrogen (secondary N) is 1. The van der Waals surface area contributed by atoms with E-state index in [1.54, 1.807) is 42.4 Å². The minimum atomic E-state index is -3.56. The Labute approximate surface area is 136 Å². The smallest absolute Gasteiger partial charge is 0.247 e. The molecule has 1 saturated heterocycles. The van der Waals surface area contributed by atoms with E-state index in [1.165, 1.54) is 0 Å². The summed E-state index contributed by atoms with van der Waals surface area (Å²) in [5.74, 6) is 0.740. The predicted octanol–water partition coefficient (Wildman–Crippen LogP) is 1.69. The zero-order valence-corrected chi connectivity index (χ0v) is 14.3. The molecule has 1 unspecified atom stereocenters. The Morgan fingerprint density at radius 3 is 2.83 bits per heavy atom. The summed E-state index contributed by atoms with van der Waals surface area (Å²) >= 11 is 0. The second-order valence-corrected chi connectivity index (χ2v) is 7.61. The van der Waals surface area contributed by atoms with Gasteiger partial charge in [-0.25, -0.2) is 13.4 Å². The molecule has 2 aromatic rings. The first kappa shape index (κ1) is 15.9. The molecule has 124 valence electrons. The molecule has 3 rings (SSSR count). The number of hydrogen-bond donors (Lipinski definition) is 1. The highest BCUT2D eigenvalue weighted by Crippen LogP contribution is 2.37. The first-order valence-electron chi connectivity index (χ1n) is 7.59. The third kappa shape index (κ3) is 2.84. The molecule has 23 heavy (non-hydrogen) atoms. The lowest BCUT2D eigenvalue weighted by Gasteiger charge is -2.24. The van der Waals surface area contributed by atoms with Crippen molar-refractivity contribution >= 4 is 15.8 Å². The van der Waals surface area contributed by atoms with E-state index < -0.39 is 10.0 Å². The largest absolute Gasteiger partial charge is 0.373 e. The third-order valence-corrected chi connectivity index (χ3v) is 6.19. The summed E-state index contributed by atoms with van der Waals surface area (Å²) < 4.78 is 29.2. The Morgan fingerprint density at radius 2 is 2.17 bits per heavy atom. The van der Waals surface area contributed by atoms with Crippen LogP contribution in [0.25, 0.3) is 0 Å². The van der Waals surface area contributed by atoms with Gasteiger partial charge in [0.25, 0.3) is 0 Å². The Morgan fingerprint density at radius 1 is 1.39 bits per heavy atom. The fourth-order valence-electron chi connectivity index (χ4n) is 3.11. The Hall–Kier alpha value is -1.93. The van der Waals surface area contributed by atoms with E-state index in [0.29, 0.717) is 12.2 Å². The van der Waals surface area contributed by atoms with Gasteiger partial charge in [0.15, 0.2) is 0 Å². The van der Waals surface area contributed by atoms with Crippen molar-refractivity contribution in [3.8, 4) is 0 Å². The highest BCUT2D eigenvalue weighted by atomic mass is 32.2. The molecule has 1 aliphatic heterocycles. The highest BCUT2D eigenvalue weighted by Gasteiger charge is 2.37. The van der Waals surface area contributed by atoms with Crippen LogP contribution in [0.3, 0.4) is 0 Å². The van der Waals surface area contributed by atoms with Crippen molar-refractivity contribution in [2.75, 3.05) is 18.9 Å². The van der Waals surface area contributed by atoms with Crippen LogP contribution in [0.2, 0.25) is 0 Å². The Balaban J connectivity index is 1.99. The second kappa shape index (κ2) is 5.93. The zero-order valence-electron chi connectivity index (χ0n) is 13.5. The van der Waals surface area contributed by atoms with Crippen LogP contribution in [-0.4, -0.2) is 41.1 Å². The number of pyridine rings is 1. The summed E-state index contributed by atoms with van der Waals surface area (Å²) in [4.78, 5) is 4.49. The molecule has 0 amide bonds. The molecule has 0 aliphatic carbocycles. The molecular weight excluding hydrogens is 314 g/mol. The van der Waals surface area contributed by atoms with Crippen LogP contribution in [0.4, 0.5) is 5.82 Å². The standard InChI is InChI=1S/C15H21N5O2S/c1-11-14(10-19(3)18-11)23(21,22)20-8-4-5-13(20)12-6-7-17-15(9-12)16-2/h6-7,9-10,13H,4-5,8H2,1-3H3,(H,16,17). The van der Waals surface area contributed by atoms with Gasteiger partial charge in [-0.1, -0.05) is 0 Å². The van der Waals surface area contributed by atoms with Gasteiger partial charge in [-0.2, -0.15) is 9.40 Å². The minimum Gasteiger partial charge on any atom is -0.373 e. The van der Waals surface area contributed by atoms with Gasteiger partial charge >= 0.3 is 0 Å². The molecule has 7 nitrogen and oxygen atoms in total. The molecule has 0 bridgehead atoms. The monoisotopic (exact) mass is 335 g/mol. The van der Waals surface area contributed by atoms with E-state index in [-0.39, 0.29) is 10.9 Å². The number of anilines is 1. The van der Waals surface area contributed by atoms with Crippen molar-refractivity contribution in [2.24, 2.45) is 7.05 Å². The average molecular weight is 335 g/mol. The van der Waals surface area contributed by atoms with Gasteiger partial charge in [-0.3, -0.25) is 4.68 Å². The molecule has 1 N–H and O–H groups in total. The van der Waals surface area contributed by atoms with Gasteiger partial charge in [-0.15, -0.1) is 0 Å². The minimum absolute atomic E-state index is 0.158. The van der Waals surface area contributed by atoms with Crippen molar-refractivity contribution in [3.05, 3.63) is 35.8 Å². The van der Waals surface area contributed by atoms with Gasteiger partial charge in [0, 0.05) is 33.0 Å². The predicted molar refractivity (Wildman–Crippen MR) is 87.6 cm³/mol. The number of sulfonamides is 1. The maximum atomic E-state index is 13.0. The first-order valence-corrected chi connectivity index (χ1v) is 9.03. The normalized spacial score (nSPS) is 19.2. The summed E-state index contributed by atoms with van der Waals surface area (Å²) in [6.45, 7) is 2.25. The van der Waals surface area contributed by atoms with Crippen molar-refractivity contribution in [1.82, 2.24) is 19.1 Å². The molecule has 8 heteroatoms. The van der Waals surface area contributed by atoms with E-state index >= 15 is 0 Å². The summed E-state index contributed by atoms with van der Waals surface area (Å²) in [5, 5.41) is 7.16. The molecule has 1 atom stereocenters. The lowest BCUT2D eigenvalue weighted by Crippen LogP contribution is -2.31. The molecule has 0 radical (unpaired) electrons. The van der Waals surface area contributed by atoms with Gasteiger partial charge in [0.05, 0.1) is 11.7 Å². The van der Waals surface area contributed by atoms with Crippen LogP contribution < -0.4 is 5.32 Å². The first-order chi connectivity index (χ1) is 10.9. The molecule has 2 aromatic heterocycles. The van der Waals surface area contributed by atoms with Crippen LogP contribution in [0.5, 0.6) is 0 Å². The van der Waals surface area contributed by atoms with Crippen molar-refractivity contribution in [3.63, 3.8) is 0 Å². The van der Waals surface area contributed by atoms with Crippen LogP contribution in [0.1, 0.15) is 30.1 Å². The summed E-state index contributed by atoms with van der Waals surface area (Å²) in [5.41, 5.74) is 1.50. The molecule has 0 saturated carbocycles. The molecule has 1 fully saturated rings. The molecule has 3 heterocycles. The molecule has 0 aromatic carbocycles. The average Bonchev–Trinajstić information content (AvgIpc) is 3.14. The van der Waals surface area contributed by atoms with E-state index in [1.807, 2.05) is 12.1 Å². The lowest BCUT2D eigenvalue weighted by molar-refractivity contribution is 0.396. The van der Waals surface area contributed by atoms with Crippen LogP contribution in [0, 0.1) is 6.92 Å². The Kier molecular flexibility index (Phi) is 4.11. The quantitative estimate of drug-likeness (QED) is 0.920.